The van der Waals surface area contributed by atoms with Crippen molar-refractivity contribution < 1.29 is 18.3 Å². The number of nitrogens with zero attached hydrogens (tertiary/aromatic N) is 5. The number of ether oxygens (including phenoxy) is 1. The third kappa shape index (κ3) is 7.76. The summed E-state index contributed by atoms with van der Waals surface area (Å²) >= 11 is 0. The molecule has 2 saturated heterocycles. The topological polar surface area (TPSA) is 107 Å². The zero-order valence-corrected chi connectivity index (χ0v) is 23.0. The van der Waals surface area contributed by atoms with Gasteiger partial charge in [0.15, 0.2) is 11.6 Å². The molecule has 39 heavy (non-hydrogen) atoms. The van der Waals surface area contributed by atoms with Gasteiger partial charge in [-0.15, -0.1) is 0 Å². The third-order valence-corrected chi connectivity index (χ3v) is 6.82. The maximum absolute atomic E-state index is 14.1. The maximum atomic E-state index is 14.1. The van der Waals surface area contributed by atoms with E-state index in [1.807, 2.05) is 6.92 Å². The van der Waals surface area contributed by atoms with E-state index in [2.05, 4.69) is 22.5 Å². The number of aliphatic imine (C=N–C) groups is 2. The van der Waals surface area contributed by atoms with Gasteiger partial charge >= 0.3 is 0 Å². The average molecular weight is 539 g/mol. The molecule has 2 fully saturated rings. The van der Waals surface area contributed by atoms with Crippen molar-refractivity contribution in [3.8, 4) is 11.8 Å². The molecule has 0 aliphatic carbocycles. The molecule has 0 radical (unpaired) electrons. The number of halogens is 2. The summed E-state index contributed by atoms with van der Waals surface area (Å²) < 4.78 is 33.1. The molecule has 10 heteroatoms. The zero-order valence-electron chi connectivity index (χ0n) is 23.0. The van der Waals surface area contributed by atoms with Crippen LogP contribution in [0.3, 0.4) is 0 Å². The number of hydrogen-bond acceptors (Lipinski definition) is 7. The fourth-order valence-corrected chi connectivity index (χ4v) is 4.31. The van der Waals surface area contributed by atoms with E-state index in [-0.39, 0.29) is 17.8 Å². The first kappa shape index (κ1) is 29.6. The first-order valence-corrected chi connectivity index (χ1v) is 12.9. The van der Waals surface area contributed by atoms with Crippen molar-refractivity contribution in [3.05, 3.63) is 65.2 Å². The minimum atomic E-state index is -0.953. The molecule has 2 aliphatic heterocycles. The number of nitrogens with two attached hydrogens (primary N) is 1. The van der Waals surface area contributed by atoms with Gasteiger partial charge in [-0.3, -0.25) is 9.79 Å². The Labute approximate surface area is 228 Å². The number of amides is 1. The lowest BCUT2D eigenvalue weighted by molar-refractivity contribution is -0.128. The van der Waals surface area contributed by atoms with Gasteiger partial charge in [-0.1, -0.05) is 6.58 Å². The van der Waals surface area contributed by atoms with Gasteiger partial charge in [0.2, 0.25) is 5.91 Å². The summed E-state index contributed by atoms with van der Waals surface area (Å²) in [4.78, 5) is 25.2. The highest BCUT2D eigenvalue weighted by Gasteiger charge is 2.26. The van der Waals surface area contributed by atoms with Crippen molar-refractivity contribution in [2.24, 2.45) is 15.7 Å². The van der Waals surface area contributed by atoms with E-state index in [1.54, 1.807) is 25.0 Å². The second kappa shape index (κ2) is 12.7. The lowest BCUT2D eigenvalue weighted by Crippen LogP contribution is -2.40. The molecule has 0 aromatic heterocycles. The highest BCUT2D eigenvalue weighted by atomic mass is 19.1. The van der Waals surface area contributed by atoms with Gasteiger partial charge in [0.25, 0.3) is 0 Å². The van der Waals surface area contributed by atoms with E-state index in [4.69, 9.17) is 15.5 Å². The number of likely N-dealkylation sites (tertiary alicyclic amines) is 2. The predicted octanol–water partition coefficient (Wildman–Crippen LogP) is 4.50. The lowest BCUT2D eigenvalue weighted by Gasteiger charge is -2.35. The van der Waals surface area contributed by atoms with E-state index in [9.17, 15) is 18.8 Å². The first-order valence-electron chi connectivity index (χ1n) is 12.9. The minimum absolute atomic E-state index is 0.0321. The van der Waals surface area contributed by atoms with Crippen LogP contribution < -0.4 is 10.5 Å². The van der Waals surface area contributed by atoms with Crippen molar-refractivity contribution in [2.75, 3.05) is 26.2 Å². The number of rotatable bonds is 7. The Hall–Kier alpha value is -4.00. The van der Waals surface area contributed by atoms with Crippen molar-refractivity contribution in [1.82, 2.24) is 9.80 Å². The highest BCUT2D eigenvalue weighted by molar-refractivity contribution is 6.04. The molecule has 8 nitrogen and oxygen atoms in total. The summed E-state index contributed by atoms with van der Waals surface area (Å²) in [5.41, 5.74) is 8.54. The van der Waals surface area contributed by atoms with Crippen molar-refractivity contribution in [3.63, 3.8) is 0 Å². The van der Waals surface area contributed by atoms with Crippen LogP contribution >= 0.6 is 0 Å². The number of carbonyl (C=O) groups is 1. The fraction of sp³-hybridized carbons (Fsp3) is 0.448. The molecule has 1 amide bonds. The molecule has 0 bridgehead atoms. The van der Waals surface area contributed by atoms with Crippen LogP contribution in [0.15, 0.2) is 63.5 Å². The number of carbonyl (C=O) groups excluding carboxylic acids is 1. The van der Waals surface area contributed by atoms with Crippen molar-refractivity contribution in [2.45, 2.75) is 58.6 Å². The fourth-order valence-electron chi connectivity index (χ4n) is 4.31. The second-order valence-corrected chi connectivity index (χ2v) is 10.2. The van der Waals surface area contributed by atoms with Crippen LogP contribution in [-0.2, 0) is 4.79 Å². The molecular weight excluding hydrogens is 502 g/mol. The van der Waals surface area contributed by atoms with E-state index < -0.39 is 17.2 Å². The summed E-state index contributed by atoms with van der Waals surface area (Å²) in [5, 5.41) is 9.40. The Morgan fingerprint density at radius 1 is 1.23 bits per heavy atom. The molecule has 0 unspecified atom stereocenters. The van der Waals surface area contributed by atoms with Crippen LogP contribution in [0.4, 0.5) is 8.78 Å². The molecule has 1 aromatic carbocycles. The van der Waals surface area contributed by atoms with Gasteiger partial charge in [-0.05, 0) is 44.9 Å². The number of hydrogen-bond donors (Lipinski definition) is 1. The van der Waals surface area contributed by atoms with E-state index in [1.165, 1.54) is 25.3 Å². The summed E-state index contributed by atoms with van der Waals surface area (Å²) in [5.74, 6) is -1.38. The molecule has 0 saturated carbocycles. The minimum Gasteiger partial charge on any atom is -0.487 e. The van der Waals surface area contributed by atoms with Crippen LogP contribution in [-0.4, -0.2) is 65.5 Å². The smallest absolute Gasteiger partial charge is 0.219 e. The average Bonchev–Trinajstić information content (AvgIpc) is 2.90. The van der Waals surface area contributed by atoms with E-state index in [0.717, 1.165) is 17.3 Å². The summed E-state index contributed by atoms with van der Waals surface area (Å²) in [6, 6.07) is 5.43. The molecule has 1 aromatic rings. The van der Waals surface area contributed by atoms with Gasteiger partial charge in [0.05, 0.1) is 24.0 Å². The van der Waals surface area contributed by atoms with E-state index >= 15 is 0 Å². The summed E-state index contributed by atoms with van der Waals surface area (Å²) in [7, 11) is 0. The first-order chi connectivity index (χ1) is 18.4. The third-order valence-electron chi connectivity index (χ3n) is 6.82. The highest BCUT2D eigenvalue weighted by Crippen LogP contribution is 2.27. The molecular formula is C29H36F2N6O2. The number of piperidine rings is 2. The standard InChI is InChI=1S/C29H36F2N6O2/c1-19-8-11-37(21(3)38)17-26(19)35-28(22(15-32)16-34-29(4,5)18-33)20(2)36-12-9-24(10-13-36)39-27-7-6-23(30)14-25(27)31/h6-7,14-16,24H,1,8-13,17,32H2,2-5H3/b22-15+,28-20+,34-16?,35-26?. The van der Waals surface area contributed by atoms with E-state index in [0.29, 0.717) is 62.4 Å². The summed E-state index contributed by atoms with van der Waals surface area (Å²) in [6.45, 7) is 13.1. The van der Waals surface area contributed by atoms with Gasteiger partial charge in [-0.25, -0.2) is 13.8 Å². The summed E-state index contributed by atoms with van der Waals surface area (Å²) in [6.07, 6.45) is 4.56. The largest absolute Gasteiger partial charge is 0.487 e. The van der Waals surface area contributed by atoms with Gasteiger partial charge in [0.1, 0.15) is 17.5 Å². The molecule has 3 rings (SSSR count). The van der Waals surface area contributed by atoms with Crippen LogP contribution in [0.5, 0.6) is 5.75 Å². The van der Waals surface area contributed by atoms with Gasteiger partial charge < -0.3 is 20.3 Å². The quantitative estimate of drug-likeness (QED) is 0.406. The lowest BCUT2D eigenvalue weighted by atomic mass is 10.0. The molecule has 2 aliphatic rings. The Balaban J connectivity index is 1.90. The Kier molecular flexibility index (Phi) is 9.62. The number of nitriles is 1. The van der Waals surface area contributed by atoms with Crippen LogP contribution in [0.25, 0.3) is 0 Å². The van der Waals surface area contributed by atoms with Crippen LogP contribution in [0.1, 0.15) is 47.0 Å². The normalized spacial score (nSPS) is 19.4. The van der Waals surface area contributed by atoms with Crippen LogP contribution in [0.2, 0.25) is 0 Å². The molecule has 0 spiro atoms. The molecule has 208 valence electrons. The van der Waals surface area contributed by atoms with Gasteiger partial charge in [-0.2, -0.15) is 5.26 Å². The van der Waals surface area contributed by atoms with Gasteiger partial charge in [0, 0.05) is 69.2 Å². The SMILES string of the molecule is C=C1CCN(C(C)=O)CC1=NC(/C(C=NC(C)(C)C#N)=C/N)=C(\C)N1CCC(Oc2ccc(F)cc2F)CC1. The Morgan fingerprint density at radius 3 is 2.51 bits per heavy atom. The van der Waals surface area contributed by atoms with Crippen molar-refractivity contribution >= 4 is 17.8 Å². The van der Waals surface area contributed by atoms with Crippen LogP contribution in [0, 0.1) is 23.0 Å². The molecule has 0 atom stereocenters. The van der Waals surface area contributed by atoms with Crippen molar-refractivity contribution in [1.29, 1.82) is 5.26 Å². The molecule has 2 N–H and O–H groups in total. The maximum Gasteiger partial charge on any atom is 0.219 e. The zero-order chi connectivity index (χ0) is 28.7. The monoisotopic (exact) mass is 538 g/mol. The Morgan fingerprint density at radius 2 is 1.92 bits per heavy atom. The predicted molar refractivity (Wildman–Crippen MR) is 148 cm³/mol. The number of allylic oxidation sites excluding steroid dienone is 2. The Bertz CT molecular complexity index is 1270. The second-order valence-electron chi connectivity index (χ2n) is 10.2. The molecule has 2 heterocycles. The number of benzene rings is 1.